The molecule has 7 heteroatoms. The van der Waals surface area contributed by atoms with Crippen molar-refractivity contribution < 1.29 is 18.3 Å². The van der Waals surface area contributed by atoms with Gasteiger partial charge in [0.25, 0.3) is 0 Å². The van der Waals surface area contributed by atoms with Crippen LogP contribution in [0.5, 0.6) is 0 Å². The molecule has 0 spiro atoms. The Morgan fingerprint density at radius 1 is 1.41 bits per heavy atom. The molecule has 96 valence electrons. The fourth-order valence-corrected chi connectivity index (χ4v) is 3.70. The van der Waals surface area contributed by atoms with Gasteiger partial charge in [-0.1, -0.05) is 13.8 Å². The molecule has 5 nitrogen and oxygen atoms in total. The zero-order valence-corrected chi connectivity index (χ0v) is 11.4. The minimum atomic E-state index is -3.11. The van der Waals surface area contributed by atoms with Gasteiger partial charge in [-0.25, -0.2) is 13.4 Å². The third-order valence-electron chi connectivity index (χ3n) is 2.25. The number of aryl methyl sites for hydroxylation is 1. The molecule has 1 heterocycles. The van der Waals surface area contributed by atoms with Crippen LogP contribution in [-0.2, 0) is 33.2 Å². The fourth-order valence-electron chi connectivity index (χ4n) is 1.34. The number of carbonyl (C=O) groups is 1. The minimum Gasteiger partial charge on any atom is -0.481 e. The van der Waals surface area contributed by atoms with Gasteiger partial charge in [-0.2, -0.15) is 0 Å². The number of nitrogens with zero attached hydrogens (tertiary/aromatic N) is 1. The van der Waals surface area contributed by atoms with Crippen LogP contribution in [0.25, 0.3) is 0 Å². The van der Waals surface area contributed by atoms with Crippen molar-refractivity contribution in [1.29, 1.82) is 0 Å². The van der Waals surface area contributed by atoms with Crippen LogP contribution in [0.3, 0.4) is 0 Å². The number of carboxylic acid groups (broad SMARTS) is 1. The summed E-state index contributed by atoms with van der Waals surface area (Å²) in [5.74, 6) is -0.948. The van der Waals surface area contributed by atoms with E-state index >= 15 is 0 Å². The van der Waals surface area contributed by atoms with E-state index in [4.69, 9.17) is 5.11 Å². The zero-order chi connectivity index (χ0) is 13.1. The van der Waals surface area contributed by atoms with Crippen LogP contribution >= 0.6 is 11.3 Å². The molecule has 1 aromatic rings. The maximum atomic E-state index is 11.5. The van der Waals surface area contributed by atoms with Crippen LogP contribution < -0.4 is 0 Å². The molecule has 0 aromatic carbocycles. The van der Waals surface area contributed by atoms with Gasteiger partial charge in [0.05, 0.1) is 12.1 Å². The average Bonchev–Trinajstić information content (AvgIpc) is 2.58. The van der Waals surface area contributed by atoms with Gasteiger partial charge in [0.1, 0.15) is 10.8 Å². The SMILES string of the molecule is CCc1nc(CS(=O)(=O)CC)sc1CC(=O)O. The predicted octanol–water partition coefficient (Wildman–Crippen LogP) is 1.27. The number of aromatic nitrogens is 1. The first-order valence-electron chi connectivity index (χ1n) is 5.27. The van der Waals surface area contributed by atoms with E-state index in [9.17, 15) is 13.2 Å². The fraction of sp³-hybridized carbons (Fsp3) is 0.600. The topological polar surface area (TPSA) is 84.3 Å². The van der Waals surface area contributed by atoms with Gasteiger partial charge in [-0.15, -0.1) is 11.3 Å². The van der Waals surface area contributed by atoms with Crippen molar-refractivity contribution in [2.24, 2.45) is 0 Å². The lowest BCUT2D eigenvalue weighted by Gasteiger charge is -1.95. The molecular weight excluding hydrogens is 262 g/mol. The van der Waals surface area contributed by atoms with Crippen LogP contribution in [0, 0.1) is 0 Å². The summed E-state index contributed by atoms with van der Waals surface area (Å²) in [7, 11) is -3.11. The Labute approximate surface area is 104 Å². The smallest absolute Gasteiger partial charge is 0.308 e. The maximum absolute atomic E-state index is 11.5. The number of rotatable bonds is 6. The van der Waals surface area contributed by atoms with Crippen LogP contribution in [-0.4, -0.2) is 30.2 Å². The quantitative estimate of drug-likeness (QED) is 0.846. The predicted molar refractivity (Wildman–Crippen MR) is 66.0 cm³/mol. The normalized spacial score (nSPS) is 11.6. The first-order chi connectivity index (χ1) is 7.88. The van der Waals surface area contributed by atoms with Gasteiger partial charge >= 0.3 is 5.97 Å². The van der Waals surface area contributed by atoms with E-state index < -0.39 is 15.8 Å². The van der Waals surface area contributed by atoms with Crippen molar-refractivity contribution in [1.82, 2.24) is 4.98 Å². The Hall–Kier alpha value is -0.950. The molecule has 0 bridgehead atoms. The number of hydrogen-bond donors (Lipinski definition) is 1. The number of hydrogen-bond acceptors (Lipinski definition) is 5. The van der Waals surface area contributed by atoms with Crippen LogP contribution in [0.4, 0.5) is 0 Å². The summed E-state index contributed by atoms with van der Waals surface area (Å²) in [5.41, 5.74) is 0.693. The van der Waals surface area contributed by atoms with Gasteiger partial charge in [0.15, 0.2) is 9.84 Å². The van der Waals surface area contributed by atoms with Crippen molar-refractivity contribution in [3.63, 3.8) is 0 Å². The summed E-state index contributed by atoms with van der Waals surface area (Å²) < 4.78 is 22.9. The molecule has 0 aliphatic carbocycles. The second-order valence-corrected chi connectivity index (χ2v) is 7.10. The van der Waals surface area contributed by atoms with Crippen molar-refractivity contribution in [3.05, 3.63) is 15.6 Å². The number of aliphatic carboxylic acids is 1. The van der Waals surface area contributed by atoms with Gasteiger partial charge in [-0.05, 0) is 6.42 Å². The molecule has 0 radical (unpaired) electrons. The van der Waals surface area contributed by atoms with Gasteiger partial charge < -0.3 is 5.11 Å². The highest BCUT2D eigenvalue weighted by molar-refractivity contribution is 7.90. The Morgan fingerprint density at radius 2 is 2.06 bits per heavy atom. The highest BCUT2D eigenvalue weighted by Gasteiger charge is 2.17. The number of carboxylic acids is 1. The molecule has 0 saturated carbocycles. The molecule has 0 atom stereocenters. The minimum absolute atomic E-state index is 0.0717. The standard InChI is InChI=1S/C10H15NO4S2/c1-3-7-8(5-10(12)13)16-9(11-7)6-17(14,15)4-2/h3-6H2,1-2H3,(H,12,13). The van der Waals surface area contributed by atoms with Crippen LogP contribution in [0.15, 0.2) is 0 Å². The third kappa shape index (κ3) is 4.08. The summed E-state index contributed by atoms with van der Waals surface area (Å²) in [6.45, 7) is 3.46. The van der Waals surface area contributed by atoms with Gasteiger partial charge in [0.2, 0.25) is 0 Å². The third-order valence-corrected chi connectivity index (χ3v) is 5.13. The molecule has 17 heavy (non-hydrogen) atoms. The second kappa shape index (κ2) is 5.59. The lowest BCUT2D eigenvalue weighted by molar-refractivity contribution is -0.136. The molecule has 1 rings (SSSR count). The zero-order valence-electron chi connectivity index (χ0n) is 9.76. The van der Waals surface area contributed by atoms with Crippen LogP contribution in [0.1, 0.15) is 29.4 Å². The van der Waals surface area contributed by atoms with Gasteiger partial charge in [0, 0.05) is 10.6 Å². The first-order valence-corrected chi connectivity index (χ1v) is 7.91. The molecular formula is C10H15NO4S2. The molecule has 0 fully saturated rings. The van der Waals surface area contributed by atoms with Crippen molar-refractivity contribution in [3.8, 4) is 0 Å². The van der Waals surface area contributed by atoms with Crippen molar-refractivity contribution >= 4 is 27.1 Å². The monoisotopic (exact) mass is 277 g/mol. The molecule has 0 saturated heterocycles. The second-order valence-electron chi connectivity index (χ2n) is 3.58. The highest BCUT2D eigenvalue weighted by Crippen LogP contribution is 2.22. The first kappa shape index (κ1) is 14.1. The summed E-state index contributed by atoms with van der Waals surface area (Å²) in [4.78, 5) is 15.5. The number of sulfone groups is 1. The summed E-state index contributed by atoms with van der Waals surface area (Å²) >= 11 is 1.18. The summed E-state index contributed by atoms with van der Waals surface area (Å²) in [6, 6.07) is 0. The Bertz CT molecular complexity index is 504. The Morgan fingerprint density at radius 3 is 2.53 bits per heavy atom. The molecule has 0 amide bonds. The lowest BCUT2D eigenvalue weighted by atomic mass is 10.2. The molecule has 0 aliphatic rings. The molecule has 1 N–H and O–H groups in total. The van der Waals surface area contributed by atoms with Crippen molar-refractivity contribution in [2.45, 2.75) is 32.4 Å². The Kier molecular flexibility index (Phi) is 4.64. The van der Waals surface area contributed by atoms with Crippen molar-refractivity contribution in [2.75, 3.05) is 5.75 Å². The summed E-state index contributed by atoms with van der Waals surface area (Å²) in [6.07, 6.45) is 0.526. The van der Waals surface area contributed by atoms with E-state index in [0.29, 0.717) is 22.0 Å². The average molecular weight is 277 g/mol. The van der Waals surface area contributed by atoms with Gasteiger partial charge in [-0.3, -0.25) is 4.79 Å². The maximum Gasteiger partial charge on any atom is 0.308 e. The Balaban J connectivity index is 2.96. The summed E-state index contributed by atoms with van der Waals surface area (Å²) in [5, 5.41) is 9.22. The highest BCUT2D eigenvalue weighted by atomic mass is 32.2. The van der Waals surface area contributed by atoms with Crippen LogP contribution in [0.2, 0.25) is 0 Å². The van der Waals surface area contributed by atoms with E-state index in [2.05, 4.69) is 4.98 Å². The van der Waals surface area contributed by atoms with E-state index in [1.54, 1.807) is 6.92 Å². The molecule has 0 unspecified atom stereocenters. The lowest BCUT2D eigenvalue weighted by Crippen LogP contribution is -2.06. The molecule has 1 aromatic heterocycles. The molecule has 0 aliphatic heterocycles. The van der Waals surface area contributed by atoms with E-state index in [0.717, 1.165) is 0 Å². The van der Waals surface area contributed by atoms with E-state index in [-0.39, 0.29) is 17.9 Å². The largest absolute Gasteiger partial charge is 0.481 e. The number of thiazole rings is 1. The van der Waals surface area contributed by atoms with E-state index in [1.165, 1.54) is 11.3 Å². The van der Waals surface area contributed by atoms with E-state index in [1.807, 2.05) is 6.92 Å².